The maximum absolute atomic E-state index is 12.8. The summed E-state index contributed by atoms with van der Waals surface area (Å²) in [5.41, 5.74) is 2.48. The normalized spacial score (nSPS) is 10.4. The van der Waals surface area contributed by atoms with E-state index in [9.17, 15) is 4.39 Å². The van der Waals surface area contributed by atoms with Crippen LogP contribution < -0.4 is 0 Å². The Morgan fingerprint density at radius 2 is 1.62 bits per heavy atom. The fraction of sp³-hybridized carbons (Fsp3) is 0.0769. The highest BCUT2D eigenvalue weighted by atomic mass is 35.5. The summed E-state index contributed by atoms with van der Waals surface area (Å²) >= 11 is 5.89. The van der Waals surface area contributed by atoms with E-state index in [2.05, 4.69) is 0 Å². The van der Waals surface area contributed by atoms with E-state index in [1.807, 2.05) is 6.07 Å². The molecule has 0 aliphatic carbocycles. The molecule has 0 aliphatic heterocycles. The van der Waals surface area contributed by atoms with Gasteiger partial charge in [0.2, 0.25) is 0 Å². The van der Waals surface area contributed by atoms with Gasteiger partial charge in [0.15, 0.2) is 0 Å². The molecule has 0 aromatic heterocycles. The Kier molecular flexibility index (Phi) is 3.22. The van der Waals surface area contributed by atoms with Crippen molar-refractivity contribution >= 4 is 11.6 Å². The molecule has 0 unspecified atom stereocenters. The van der Waals surface area contributed by atoms with E-state index in [-0.39, 0.29) is 12.4 Å². The van der Waals surface area contributed by atoms with Gasteiger partial charge in [-0.05, 0) is 41.0 Å². The number of hydrogen-bond donors (Lipinski definition) is 1. The molecule has 0 amide bonds. The Morgan fingerprint density at radius 1 is 1.00 bits per heavy atom. The van der Waals surface area contributed by atoms with Crippen LogP contribution in [-0.2, 0) is 6.61 Å². The summed E-state index contributed by atoms with van der Waals surface area (Å²) in [6.45, 7) is -0.103. The highest BCUT2D eigenvalue weighted by Gasteiger charge is 2.03. The Balaban J connectivity index is 2.44. The lowest BCUT2D eigenvalue weighted by Crippen LogP contribution is -1.87. The number of halogens is 2. The first-order valence-corrected chi connectivity index (χ1v) is 5.24. The molecule has 0 bridgehead atoms. The van der Waals surface area contributed by atoms with Crippen LogP contribution >= 0.6 is 11.6 Å². The molecule has 0 atom stereocenters. The van der Waals surface area contributed by atoms with Crippen LogP contribution in [0.4, 0.5) is 4.39 Å². The van der Waals surface area contributed by atoms with Crippen molar-refractivity contribution in [1.29, 1.82) is 0 Å². The minimum Gasteiger partial charge on any atom is -0.392 e. The molecular formula is C13H10ClFO. The standard InChI is InChI=1S/C13H10ClFO/c14-13-6-3-10(7-11(13)8-16)9-1-4-12(15)5-2-9/h1-7,16H,8H2. The van der Waals surface area contributed by atoms with Crippen LogP contribution in [0.3, 0.4) is 0 Å². The second kappa shape index (κ2) is 4.64. The van der Waals surface area contributed by atoms with Crippen molar-refractivity contribution in [3.8, 4) is 11.1 Å². The molecule has 1 N–H and O–H groups in total. The smallest absolute Gasteiger partial charge is 0.123 e. The van der Waals surface area contributed by atoms with Crippen molar-refractivity contribution < 1.29 is 9.50 Å². The molecule has 0 radical (unpaired) electrons. The number of benzene rings is 2. The molecular weight excluding hydrogens is 227 g/mol. The summed E-state index contributed by atoms with van der Waals surface area (Å²) < 4.78 is 12.8. The topological polar surface area (TPSA) is 20.2 Å². The van der Waals surface area contributed by atoms with Crippen molar-refractivity contribution in [2.24, 2.45) is 0 Å². The summed E-state index contributed by atoms with van der Waals surface area (Å²) in [6.07, 6.45) is 0. The first kappa shape index (κ1) is 11.1. The number of rotatable bonds is 2. The van der Waals surface area contributed by atoms with Crippen molar-refractivity contribution in [1.82, 2.24) is 0 Å². The third-order valence-corrected chi connectivity index (χ3v) is 2.76. The van der Waals surface area contributed by atoms with Crippen molar-refractivity contribution in [2.75, 3.05) is 0 Å². The van der Waals surface area contributed by atoms with Gasteiger partial charge in [0.25, 0.3) is 0 Å². The molecule has 0 fully saturated rings. The highest BCUT2D eigenvalue weighted by molar-refractivity contribution is 6.31. The van der Waals surface area contributed by atoms with E-state index in [0.717, 1.165) is 11.1 Å². The Bertz CT molecular complexity index is 494. The molecule has 3 heteroatoms. The molecule has 0 spiro atoms. The lowest BCUT2D eigenvalue weighted by atomic mass is 10.0. The quantitative estimate of drug-likeness (QED) is 0.844. The molecule has 2 rings (SSSR count). The van der Waals surface area contributed by atoms with E-state index in [4.69, 9.17) is 16.7 Å². The van der Waals surface area contributed by atoms with Gasteiger partial charge in [-0.2, -0.15) is 0 Å². The van der Waals surface area contributed by atoms with Crippen molar-refractivity contribution in [2.45, 2.75) is 6.61 Å². The molecule has 0 heterocycles. The Morgan fingerprint density at radius 3 is 2.25 bits per heavy atom. The van der Waals surface area contributed by atoms with Crippen LogP contribution in [0.5, 0.6) is 0 Å². The van der Waals surface area contributed by atoms with Crippen LogP contribution in [0.1, 0.15) is 5.56 Å². The summed E-state index contributed by atoms with van der Waals surface area (Å²) in [4.78, 5) is 0. The molecule has 1 nitrogen and oxygen atoms in total. The summed E-state index contributed by atoms with van der Waals surface area (Å²) in [7, 11) is 0. The Hall–Kier alpha value is -1.38. The lowest BCUT2D eigenvalue weighted by molar-refractivity contribution is 0.282. The summed E-state index contributed by atoms with van der Waals surface area (Å²) in [6, 6.07) is 11.6. The predicted octanol–water partition coefficient (Wildman–Crippen LogP) is 3.64. The van der Waals surface area contributed by atoms with E-state index in [0.29, 0.717) is 10.6 Å². The average Bonchev–Trinajstić information content (AvgIpc) is 2.31. The van der Waals surface area contributed by atoms with E-state index < -0.39 is 0 Å². The zero-order chi connectivity index (χ0) is 11.5. The van der Waals surface area contributed by atoms with Crippen LogP contribution in [0.2, 0.25) is 5.02 Å². The van der Waals surface area contributed by atoms with Crippen LogP contribution in [0, 0.1) is 5.82 Å². The van der Waals surface area contributed by atoms with E-state index in [1.165, 1.54) is 12.1 Å². The van der Waals surface area contributed by atoms with Crippen LogP contribution in [-0.4, -0.2) is 5.11 Å². The third kappa shape index (κ3) is 2.23. The van der Waals surface area contributed by atoms with Gasteiger partial charge in [-0.3, -0.25) is 0 Å². The lowest BCUT2D eigenvalue weighted by Gasteiger charge is -2.05. The van der Waals surface area contributed by atoms with Crippen molar-refractivity contribution in [3.05, 3.63) is 58.9 Å². The monoisotopic (exact) mass is 236 g/mol. The second-order valence-electron chi connectivity index (χ2n) is 3.47. The van der Waals surface area contributed by atoms with E-state index >= 15 is 0 Å². The minimum absolute atomic E-state index is 0.103. The molecule has 0 saturated heterocycles. The van der Waals surface area contributed by atoms with Gasteiger partial charge in [-0.1, -0.05) is 29.8 Å². The third-order valence-electron chi connectivity index (χ3n) is 2.39. The second-order valence-corrected chi connectivity index (χ2v) is 3.88. The first-order chi connectivity index (χ1) is 7.70. The fourth-order valence-electron chi connectivity index (χ4n) is 1.52. The first-order valence-electron chi connectivity index (χ1n) is 4.86. The van der Waals surface area contributed by atoms with E-state index in [1.54, 1.807) is 24.3 Å². The molecule has 2 aromatic carbocycles. The summed E-state index contributed by atoms with van der Waals surface area (Å²) in [5, 5.41) is 9.62. The van der Waals surface area contributed by atoms with Crippen LogP contribution in [0.15, 0.2) is 42.5 Å². The zero-order valence-electron chi connectivity index (χ0n) is 8.45. The van der Waals surface area contributed by atoms with Gasteiger partial charge in [-0.15, -0.1) is 0 Å². The largest absolute Gasteiger partial charge is 0.392 e. The van der Waals surface area contributed by atoms with Gasteiger partial charge in [0.05, 0.1) is 6.61 Å². The molecule has 0 aliphatic rings. The average molecular weight is 237 g/mol. The highest BCUT2D eigenvalue weighted by Crippen LogP contribution is 2.25. The number of aliphatic hydroxyl groups is 1. The maximum Gasteiger partial charge on any atom is 0.123 e. The van der Waals surface area contributed by atoms with Gasteiger partial charge >= 0.3 is 0 Å². The maximum atomic E-state index is 12.8. The zero-order valence-corrected chi connectivity index (χ0v) is 9.21. The minimum atomic E-state index is -0.264. The summed E-state index contributed by atoms with van der Waals surface area (Å²) in [5.74, 6) is -0.264. The number of aliphatic hydroxyl groups excluding tert-OH is 1. The predicted molar refractivity (Wildman–Crippen MR) is 62.8 cm³/mol. The molecule has 0 saturated carbocycles. The molecule has 82 valence electrons. The van der Waals surface area contributed by atoms with Gasteiger partial charge in [0.1, 0.15) is 5.82 Å². The van der Waals surface area contributed by atoms with Crippen molar-refractivity contribution in [3.63, 3.8) is 0 Å². The van der Waals surface area contributed by atoms with Gasteiger partial charge in [0, 0.05) is 5.02 Å². The molecule has 16 heavy (non-hydrogen) atoms. The molecule has 2 aromatic rings. The fourth-order valence-corrected chi connectivity index (χ4v) is 1.70. The van der Waals surface area contributed by atoms with Gasteiger partial charge < -0.3 is 5.11 Å². The van der Waals surface area contributed by atoms with Crippen LogP contribution in [0.25, 0.3) is 11.1 Å². The van der Waals surface area contributed by atoms with Gasteiger partial charge in [-0.25, -0.2) is 4.39 Å². The number of hydrogen-bond acceptors (Lipinski definition) is 1. The Labute approximate surface area is 98.1 Å². The SMILES string of the molecule is OCc1cc(-c2ccc(F)cc2)ccc1Cl.